The summed E-state index contributed by atoms with van der Waals surface area (Å²) in [7, 11) is -2.48. The molecule has 110 valence electrons. The van der Waals surface area contributed by atoms with Gasteiger partial charge in [0.1, 0.15) is 5.16 Å². The summed E-state index contributed by atoms with van der Waals surface area (Å²) < 4.78 is 13.7. The summed E-state index contributed by atoms with van der Waals surface area (Å²) in [6.07, 6.45) is 0.712. The second-order valence-electron chi connectivity index (χ2n) is 4.80. The Labute approximate surface area is 122 Å². The normalized spacial score (nSPS) is 12.8. The van der Waals surface area contributed by atoms with Crippen LogP contribution in [0.4, 0.5) is 0 Å². The van der Waals surface area contributed by atoms with Gasteiger partial charge in [-0.1, -0.05) is 19.9 Å². The third-order valence-electron chi connectivity index (χ3n) is 3.86. The Balaban J connectivity index is 2.58. The van der Waals surface area contributed by atoms with Crippen molar-refractivity contribution in [2.45, 2.75) is 31.8 Å². The molecule has 0 aliphatic heterocycles. The molecule has 0 spiro atoms. The molecule has 2 rings (SSSR count). The molecule has 5 nitrogen and oxygen atoms in total. The Kier molecular flexibility index (Phi) is 4.21. The lowest BCUT2D eigenvalue weighted by Crippen LogP contribution is -2.25. The summed E-state index contributed by atoms with van der Waals surface area (Å²) in [6.45, 7) is 3.59. The Morgan fingerprint density at radius 3 is 2.50 bits per heavy atom. The predicted molar refractivity (Wildman–Crippen MR) is 80.8 cm³/mol. The fraction of sp³-hybridized carbons (Fsp3) is 0.462. The second kappa shape index (κ2) is 5.45. The summed E-state index contributed by atoms with van der Waals surface area (Å²) in [5, 5.41) is 5.15. The SMILES string of the molecule is CCC(CC)(c1cc(-c2cccs2)n(C)n1)P(=O)(O)O. The minimum absolute atomic E-state index is 0.356. The summed E-state index contributed by atoms with van der Waals surface area (Å²) in [6, 6.07) is 5.73. The molecule has 0 aliphatic carbocycles. The van der Waals surface area contributed by atoms with E-state index < -0.39 is 12.8 Å². The molecular weight excluding hydrogens is 295 g/mol. The topological polar surface area (TPSA) is 75.4 Å². The van der Waals surface area contributed by atoms with Crippen molar-refractivity contribution in [2.24, 2.45) is 7.05 Å². The largest absolute Gasteiger partial charge is 0.337 e. The summed E-state index contributed by atoms with van der Waals surface area (Å²) in [4.78, 5) is 20.6. The van der Waals surface area contributed by atoms with E-state index >= 15 is 0 Å². The minimum Gasteiger partial charge on any atom is -0.324 e. The average Bonchev–Trinajstić information content (AvgIpc) is 2.99. The van der Waals surface area contributed by atoms with Crippen LogP contribution in [0.2, 0.25) is 0 Å². The molecule has 0 amide bonds. The van der Waals surface area contributed by atoms with Crippen molar-refractivity contribution < 1.29 is 14.4 Å². The number of hydrogen-bond donors (Lipinski definition) is 2. The minimum atomic E-state index is -4.28. The predicted octanol–water partition coefficient (Wildman–Crippen LogP) is 3.34. The molecule has 7 heteroatoms. The molecular formula is C13H19N2O3PS. The first-order valence-electron chi connectivity index (χ1n) is 6.49. The molecule has 0 aliphatic rings. The highest BCUT2D eigenvalue weighted by Crippen LogP contribution is 2.60. The van der Waals surface area contributed by atoms with Gasteiger partial charge in [0.25, 0.3) is 0 Å². The number of aromatic nitrogens is 2. The second-order valence-corrected chi connectivity index (χ2v) is 7.69. The van der Waals surface area contributed by atoms with E-state index in [9.17, 15) is 14.4 Å². The van der Waals surface area contributed by atoms with E-state index in [1.54, 1.807) is 43.0 Å². The smallest absolute Gasteiger partial charge is 0.324 e. The van der Waals surface area contributed by atoms with Gasteiger partial charge in [-0.25, -0.2) is 0 Å². The summed E-state index contributed by atoms with van der Waals surface area (Å²) >= 11 is 1.58. The van der Waals surface area contributed by atoms with Crippen molar-refractivity contribution in [3.05, 3.63) is 29.3 Å². The number of rotatable bonds is 5. The number of thiophene rings is 1. The molecule has 0 atom stereocenters. The average molecular weight is 314 g/mol. The monoisotopic (exact) mass is 314 g/mol. The molecule has 2 aromatic rings. The van der Waals surface area contributed by atoms with Gasteiger partial charge in [0.05, 0.1) is 16.3 Å². The van der Waals surface area contributed by atoms with E-state index in [2.05, 4.69) is 5.10 Å². The van der Waals surface area contributed by atoms with Gasteiger partial charge in [0.15, 0.2) is 0 Å². The van der Waals surface area contributed by atoms with Crippen molar-refractivity contribution in [3.63, 3.8) is 0 Å². The van der Waals surface area contributed by atoms with Crippen LogP contribution in [0.3, 0.4) is 0 Å². The Bertz CT molecular complexity index is 626. The van der Waals surface area contributed by atoms with E-state index in [1.165, 1.54) is 0 Å². The summed E-state index contributed by atoms with van der Waals surface area (Å²) in [5.41, 5.74) is 1.36. The van der Waals surface area contributed by atoms with Crippen LogP contribution in [0.1, 0.15) is 32.4 Å². The van der Waals surface area contributed by atoms with Crippen LogP contribution in [0.25, 0.3) is 10.6 Å². The van der Waals surface area contributed by atoms with E-state index in [0.717, 1.165) is 10.6 Å². The lowest BCUT2D eigenvalue weighted by Gasteiger charge is -2.30. The fourth-order valence-corrected chi connectivity index (χ4v) is 4.53. The first-order valence-corrected chi connectivity index (χ1v) is 8.99. The van der Waals surface area contributed by atoms with E-state index in [1.807, 2.05) is 17.5 Å². The van der Waals surface area contributed by atoms with Crippen LogP contribution in [-0.4, -0.2) is 19.6 Å². The Hall–Kier alpha value is -0.940. The molecule has 2 heterocycles. The first kappa shape index (κ1) is 15.4. The van der Waals surface area contributed by atoms with Crippen LogP contribution in [0, 0.1) is 0 Å². The number of hydrogen-bond acceptors (Lipinski definition) is 3. The zero-order valence-electron chi connectivity index (χ0n) is 11.8. The Morgan fingerprint density at radius 1 is 1.40 bits per heavy atom. The van der Waals surface area contributed by atoms with Gasteiger partial charge in [0, 0.05) is 7.05 Å². The van der Waals surface area contributed by atoms with Gasteiger partial charge in [-0.05, 0) is 30.4 Å². The molecule has 0 fully saturated rings. The quantitative estimate of drug-likeness (QED) is 0.830. The van der Waals surface area contributed by atoms with Crippen LogP contribution in [0.15, 0.2) is 23.6 Å². The van der Waals surface area contributed by atoms with Crippen molar-refractivity contribution in [1.82, 2.24) is 9.78 Å². The molecule has 0 radical (unpaired) electrons. The molecule has 2 aromatic heterocycles. The summed E-state index contributed by atoms with van der Waals surface area (Å²) in [5.74, 6) is 0. The first-order chi connectivity index (χ1) is 9.35. The lowest BCUT2D eigenvalue weighted by atomic mass is 9.98. The van der Waals surface area contributed by atoms with E-state index in [0.29, 0.717) is 18.5 Å². The van der Waals surface area contributed by atoms with Crippen molar-refractivity contribution in [2.75, 3.05) is 0 Å². The van der Waals surface area contributed by atoms with Crippen LogP contribution < -0.4 is 0 Å². The van der Waals surface area contributed by atoms with Gasteiger partial charge in [-0.3, -0.25) is 9.25 Å². The van der Waals surface area contributed by atoms with E-state index in [-0.39, 0.29) is 0 Å². The van der Waals surface area contributed by atoms with Crippen LogP contribution in [0.5, 0.6) is 0 Å². The standard InChI is InChI=1S/C13H19N2O3PS/c1-4-13(5-2,19(16,17)18)12-9-10(15(3)14-12)11-7-6-8-20-11/h6-9H,4-5H2,1-3H3,(H2,16,17,18). The van der Waals surface area contributed by atoms with Crippen LogP contribution >= 0.6 is 18.9 Å². The third kappa shape index (κ3) is 2.37. The molecule has 0 aromatic carbocycles. The molecule has 0 saturated heterocycles. The highest BCUT2D eigenvalue weighted by Gasteiger charge is 2.47. The van der Waals surface area contributed by atoms with Crippen molar-refractivity contribution in [1.29, 1.82) is 0 Å². The van der Waals surface area contributed by atoms with E-state index in [4.69, 9.17) is 0 Å². The molecule has 0 unspecified atom stereocenters. The van der Waals surface area contributed by atoms with Gasteiger partial charge < -0.3 is 9.79 Å². The zero-order valence-corrected chi connectivity index (χ0v) is 13.5. The fourth-order valence-electron chi connectivity index (χ4n) is 2.52. The molecule has 2 N–H and O–H groups in total. The zero-order chi connectivity index (χ0) is 15.0. The third-order valence-corrected chi connectivity index (χ3v) is 6.73. The lowest BCUT2D eigenvalue weighted by molar-refractivity contribution is 0.312. The van der Waals surface area contributed by atoms with Crippen molar-refractivity contribution in [3.8, 4) is 10.6 Å². The van der Waals surface area contributed by atoms with Gasteiger partial charge in [0.2, 0.25) is 0 Å². The van der Waals surface area contributed by atoms with Crippen molar-refractivity contribution >= 4 is 18.9 Å². The Morgan fingerprint density at radius 2 is 2.05 bits per heavy atom. The maximum atomic E-state index is 12.0. The van der Waals surface area contributed by atoms with Gasteiger partial charge >= 0.3 is 7.60 Å². The maximum Gasteiger partial charge on any atom is 0.337 e. The van der Waals surface area contributed by atoms with Crippen LogP contribution in [-0.2, 0) is 16.8 Å². The number of nitrogens with zero attached hydrogens (tertiary/aromatic N) is 2. The highest BCUT2D eigenvalue weighted by molar-refractivity contribution is 7.53. The molecule has 20 heavy (non-hydrogen) atoms. The maximum absolute atomic E-state index is 12.0. The highest BCUT2D eigenvalue weighted by atomic mass is 32.1. The molecule has 0 bridgehead atoms. The number of aryl methyl sites for hydroxylation is 1. The van der Waals surface area contributed by atoms with Gasteiger partial charge in [-0.2, -0.15) is 5.10 Å². The molecule has 0 saturated carbocycles. The van der Waals surface area contributed by atoms with Gasteiger partial charge in [-0.15, -0.1) is 11.3 Å².